The number of aromatic carboxylic acids is 1. The summed E-state index contributed by atoms with van der Waals surface area (Å²) in [5.74, 6) is -4.47. The van der Waals surface area contributed by atoms with Crippen molar-refractivity contribution in [2.24, 2.45) is 0 Å². The minimum atomic E-state index is -1.89. The van der Waals surface area contributed by atoms with Crippen LogP contribution in [0.1, 0.15) is 24.2 Å². The highest BCUT2D eigenvalue weighted by Crippen LogP contribution is 2.22. The van der Waals surface area contributed by atoms with E-state index in [1.807, 2.05) is 0 Å². The molecule has 1 saturated heterocycles. The van der Waals surface area contributed by atoms with Crippen molar-refractivity contribution < 1.29 is 39.0 Å². The molecular weight excluding hydrogens is 321 g/mol. The van der Waals surface area contributed by atoms with Crippen LogP contribution in [0.15, 0.2) is 30.0 Å². The number of hydrogen-bond acceptors (Lipinski definition) is 8. The van der Waals surface area contributed by atoms with Gasteiger partial charge in [-0.2, -0.15) is 0 Å². The number of hydrogen-bond donors (Lipinski definition) is 4. The molecule has 0 aliphatic carbocycles. The summed E-state index contributed by atoms with van der Waals surface area (Å²) in [5.41, 5.74) is -0.638. The van der Waals surface area contributed by atoms with Crippen molar-refractivity contribution in [3.8, 4) is 0 Å². The number of cyclic esters (lactones) is 2. The van der Waals surface area contributed by atoms with E-state index in [1.165, 1.54) is 26.0 Å². The third-order valence-electron chi connectivity index (χ3n) is 3.07. The highest BCUT2D eigenvalue weighted by molar-refractivity contribution is 6.60. The average Bonchev–Trinajstić information content (AvgIpc) is 2.44. The number of benzene rings is 1. The fourth-order valence-electron chi connectivity index (χ4n) is 1.97. The summed E-state index contributed by atoms with van der Waals surface area (Å²) in [7, 11) is -1.89. The smallest absolute Gasteiger partial charge is 0.478 e. The molecule has 1 aliphatic rings. The molecule has 0 unspecified atom stereocenters. The first kappa shape index (κ1) is 17.5. The molecule has 0 radical (unpaired) electrons. The second-order valence-corrected chi connectivity index (χ2v) is 5.36. The van der Waals surface area contributed by atoms with E-state index in [1.54, 1.807) is 0 Å². The van der Waals surface area contributed by atoms with Crippen LogP contribution in [0.5, 0.6) is 0 Å². The number of carboxylic acid groups (broad SMARTS) is 1. The Morgan fingerprint density at radius 3 is 2.29 bits per heavy atom. The van der Waals surface area contributed by atoms with Gasteiger partial charge in [0, 0.05) is 31.2 Å². The molecule has 4 N–H and O–H groups in total. The zero-order chi connectivity index (χ0) is 18.1. The third-order valence-corrected chi connectivity index (χ3v) is 3.07. The Balaban J connectivity index is 2.33. The van der Waals surface area contributed by atoms with Crippen molar-refractivity contribution in [1.82, 2.24) is 0 Å². The number of carboxylic acids is 1. The molecule has 1 aromatic carbocycles. The van der Waals surface area contributed by atoms with Crippen LogP contribution in [0.2, 0.25) is 0 Å². The summed E-state index contributed by atoms with van der Waals surface area (Å²) in [6.07, 6.45) is 0.951. The fraction of sp³-hybridized carbons (Fsp3) is 0.214. The SMILES string of the molecule is CC1(C)OC(=O)C(=CNc2cc(C(=O)O)ccc2B(O)O)C(=O)O1. The Labute approximate surface area is 136 Å². The minimum Gasteiger partial charge on any atom is -0.478 e. The topological polar surface area (TPSA) is 142 Å². The molecule has 2 rings (SSSR count). The summed E-state index contributed by atoms with van der Waals surface area (Å²) < 4.78 is 9.80. The van der Waals surface area contributed by atoms with Gasteiger partial charge < -0.3 is 29.9 Å². The summed E-state index contributed by atoms with van der Waals surface area (Å²) >= 11 is 0. The zero-order valence-electron chi connectivity index (χ0n) is 12.8. The third kappa shape index (κ3) is 3.73. The Morgan fingerprint density at radius 1 is 1.21 bits per heavy atom. The molecule has 1 aromatic rings. The van der Waals surface area contributed by atoms with Crippen molar-refractivity contribution >= 4 is 36.2 Å². The predicted molar refractivity (Wildman–Crippen MR) is 81.2 cm³/mol. The van der Waals surface area contributed by atoms with Gasteiger partial charge in [-0.25, -0.2) is 14.4 Å². The molecular formula is C14H14BNO8. The maximum absolute atomic E-state index is 11.8. The van der Waals surface area contributed by atoms with Gasteiger partial charge in [0.1, 0.15) is 0 Å². The van der Waals surface area contributed by atoms with Gasteiger partial charge in [0.25, 0.3) is 5.79 Å². The van der Waals surface area contributed by atoms with Crippen LogP contribution in [-0.2, 0) is 19.1 Å². The normalized spacial score (nSPS) is 16.1. The summed E-state index contributed by atoms with van der Waals surface area (Å²) in [6, 6.07) is 3.49. The Hall–Kier alpha value is -2.85. The van der Waals surface area contributed by atoms with Crippen LogP contribution in [-0.4, -0.2) is 46.0 Å². The van der Waals surface area contributed by atoms with Crippen LogP contribution >= 0.6 is 0 Å². The number of rotatable bonds is 4. The number of carbonyl (C=O) groups is 3. The molecule has 1 fully saturated rings. The van der Waals surface area contributed by atoms with E-state index < -0.39 is 36.4 Å². The van der Waals surface area contributed by atoms with E-state index in [-0.39, 0.29) is 16.7 Å². The molecule has 0 saturated carbocycles. The second kappa shape index (κ2) is 6.34. The maximum atomic E-state index is 11.8. The maximum Gasteiger partial charge on any atom is 0.490 e. The van der Waals surface area contributed by atoms with Crippen molar-refractivity contribution in [2.75, 3.05) is 5.32 Å². The molecule has 0 bridgehead atoms. The molecule has 1 heterocycles. The Bertz CT molecular complexity index is 718. The number of nitrogens with one attached hydrogen (secondary N) is 1. The largest absolute Gasteiger partial charge is 0.490 e. The van der Waals surface area contributed by atoms with Gasteiger partial charge in [0.05, 0.1) is 5.56 Å². The molecule has 1 aliphatic heterocycles. The molecule has 9 nitrogen and oxygen atoms in total. The van der Waals surface area contributed by atoms with E-state index in [9.17, 15) is 24.4 Å². The van der Waals surface area contributed by atoms with E-state index >= 15 is 0 Å². The second-order valence-electron chi connectivity index (χ2n) is 5.36. The number of esters is 2. The number of ether oxygens (including phenoxy) is 2. The summed E-state index contributed by atoms with van der Waals surface area (Å²) in [5, 5.41) is 30.1. The highest BCUT2D eigenvalue weighted by Gasteiger charge is 2.39. The first-order valence-corrected chi connectivity index (χ1v) is 6.77. The Kier molecular flexibility index (Phi) is 4.62. The van der Waals surface area contributed by atoms with Crippen molar-refractivity contribution in [1.29, 1.82) is 0 Å². The van der Waals surface area contributed by atoms with Gasteiger partial charge >= 0.3 is 25.0 Å². The monoisotopic (exact) mass is 335 g/mol. The number of carbonyl (C=O) groups excluding carboxylic acids is 2. The quantitative estimate of drug-likeness (QED) is 0.241. The van der Waals surface area contributed by atoms with Crippen molar-refractivity contribution in [2.45, 2.75) is 19.6 Å². The highest BCUT2D eigenvalue weighted by atomic mass is 16.7. The molecule has 10 heteroatoms. The molecule has 0 aromatic heterocycles. The van der Waals surface area contributed by atoms with E-state index in [0.29, 0.717) is 0 Å². The average molecular weight is 335 g/mol. The number of anilines is 1. The van der Waals surface area contributed by atoms with Crippen molar-refractivity contribution in [3.05, 3.63) is 35.5 Å². The summed E-state index contributed by atoms with van der Waals surface area (Å²) in [4.78, 5) is 34.6. The molecule has 24 heavy (non-hydrogen) atoms. The lowest BCUT2D eigenvalue weighted by atomic mass is 9.78. The van der Waals surface area contributed by atoms with E-state index in [2.05, 4.69) is 5.32 Å². The van der Waals surface area contributed by atoms with Crippen LogP contribution in [0.25, 0.3) is 0 Å². The van der Waals surface area contributed by atoms with E-state index in [0.717, 1.165) is 12.3 Å². The van der Waals surface area contributed by atoms with Gasteiger partial charge in [-0.1, -0.05) is 6.07 Å². The molecule has 126 valence electrons. The fourth-order valence-corrected chi connectivity index (χ4v) is 1.97. The van der Waals surface area contributed by atoms with Crippen LogP contribution in [0, 0.1) is 0 Å². The van der Waals surface area contributed by atoms with Gasteiger partial charge in [-0.05, 0) is 12.1 Å². The van der Waals surface area contributed by atoms with Crippen LogP contribution in [0.4, 0.5) is 5.69 Å². The van der Waals surface area contributed by atoms with Crippen molar-refractivity contribution in [3.63, 3.8) is 0 Å². The van der Waals surface area contributed by atoms with Crippen LogP contribution in [0.3, 0.4) is 0 Å². The van der Waals surface area contributed by atoms with Gasteiger partial charge in [-0.3, -0.25) is 0 Å². The molecule has 0 atom stereocenters. The predicted octanol–water partition coefficient (Wildman–Crippen LogP) is -0.804. The molecule has 0 amide bonds. The Morgan fingerprint density at radius 2 is 1.79 bits per heavy atom. The van der Waals surface area contributed by atoms with Crippen LogP contribution < -0.4 is 10.8 Å². The van der Waals surface area contributed by atoms with Gasteiger partial charge in [-0.15, -0.1) is 0 Å². The van der Waals surface area contributed by atoms with Gasteiger partial charge in [0.2, 0.25) is 0 Å². The first-order valence-electron chi connectivity index (χ1n) is 6.77. The van der Waals surface area contributed by atoms with E-state index in [4.69, 9.17) is 14.6 Å². The van der Waals surface area contributed by atoms with Gasteiger partial charge in [0.15, 0.2) is 5.57 Å². The lowest BCUT2D eigenvalue weighted by molar-refractivity contribution is -0.222. The lowest BCUT2D eigenvalue weighted by Gasteiger charge is -2.29. The first-order chi connectivity index (χ1) is 11.1. The minimum absolute atomic E-state index is 0.0113. The zero-order valence-corrected chi connectivity index (χ0v) is 12.8. The lowest BCUT2D eigenvalue weighted by Crippen LogP contribution is -2.42. The standard InChI is InChI=1S/C14H14BNO8/c1-14(2)23-12(19)8(13(20)24-14)6-16-10-5-7(11(17)18)3-4-9(10)15(21)22/h3-6,16,21-22H,1-2H3,(H,17,18). The summed E-state index contributed by atoms with van der Waals surface area (Å²) in [6.45, 7) is 2.78. The molecule has 0 spiro atoms.